The van der Waals surface area contributed by atoms with Crippen LogP contribution < -0.4 is 5.32 Å². The fourth-order valence-corrected chi connectivity index (χ4v) is 4.73. The molecule has 31 heavy (non-hydrogen) atoms. The zero-order chi connectivity index (χ0) is 22.3. The van der Waals surface area contributed by atoms with Gasteiger partial charge < -0.3 is 15.0 Å². The van der Waals surface area contributed by atoms with Gasteiger partial charge in [0.25, 0.3) is 11.8 Å². The van der Waals surface area contributed by atoms with E-state index < -0.39 is 0 Å². The van der Waals surface area contributed by atoms with Crippen molar-refractivity contribution in [3.8, 4) is 0 Å². The molecule has 0 unspecified atom stereocenters. The molecule has 2 aliphatic heterocycles. The lowest BCUT2D eigenvalue weighted by atomic mass is 9.83. The van der Waals surface area contributed by atoms with Gasteiger partial charge in [-0.15, -0.1) is 0 Å². The minimum atomic E-state index is -0.300. The number of rotatable bonds is 3. The average Bonchev–Trinajstić information content (AvgIpc) is 3.03. The van der Waals surface area contributed by atoms with Crippen LogP contribution in [0.5, 0.6) is 0 Å². The zero-order valence-corrected chi connectivity index (χ0v) is 19.1. The molecule has 0 aliphatic carbocycles. The number of likely N-dealkylation sites (tertiary alicyclic amines) is 1. The highest BCUT2D eigenvalue weighted by Crippen LogP contribution is 2.37. The molecule has 0 saturated carbocycles. The topological polar surface area (TPSA) is 76.5 Å². The summed E-state index contributed by atoms with van der Waals surface area (Å²) >= 11 is 0. The SMILES string of the molecule is Cc1ccc(C(=O)N2CCC3(CC2)Cc2c(c(C(=O)NC(C)C)nn2C)CO3)c(C)c1. The summed E-state index contributed by atoms with van der Waals surface area (Å²) in [5, 5.41) is 7.40. The Kier molecular flexibility index (Phi) is 5.64. The number of aromatic nitrogens is 2. The van der Waals surface area contributed by atoms with E-state index in [9.17, 15) is 9.59 Å². The summed E-state index contributed by atoms with van der Waals surface area (Å²) in [4.78, 5) is 27.5. The molecule has 0 radical (unpaired) electrons. The molecule has 0 bridgehead atoms. The van der Waals surface area contributed by atoms with Crippen LogP contribution in [-0.2, 0) is 24.8 Å². The van der Waals surface area contributed by atoms with E-state index in [4.69, 9.17) is 4.74 Å². The minimum Gasteiger partial charge on any atom is -0.370 e. The van der Waals surface area contributed by atoms with Crippen LogP contribution in [0.2, 0.25) is 0 Å². The summed E-state index contributed by atoms with van der Waals surface area (Å²) in [7, 11) is 1.89. The first-order valence-corrected chi connectivity index (χ1v) is 11.1. The fourth-order valence-electron chi connectivity index (χ4n) is 4.73. The Labute approximate surface area is 183 Å². The number of carbonyl (C=O) groups excluding carboxylic acids is 2. The molecular weight excluding hydrogens is 392 g/mol. The molecule has 166 valence electrons. The first-order chi connectivity index (χ1) is 14.7. The maximum atomic E-state index is 13.0. The number of nitrogens with zero attached hydrogens (tertiary/aromatic N) is 3. The second kappa shape index (κ2) is 8.11. The molecular formula is C24H32N4O3. The van der Waals surface area contributed by atoms with Gasteiger partial charge in [-0.25, -0.2) is 0 Å². The third kappa shape index (κ3) is 4.11. The van der Waals surface area contributed by atoms with E-state index in [0.29, 0.717) is 31.8 Å². The highest BCUT2D eigenvalue weighted by molar-refractivity contribution is 5.96. The van der Waals surface area contributed by atoms with Crippen molar-refractivity contribution in [2.75, 3.05) is 13.1 Å². The summed E-state index contributed by atoms with van der Waals surface area (Å²) in [5.74, 6) is -0.0580. The molecule has 1 fully saturated rings. The Morgan fingerprint density at radius 2 is 1.90 bits per heavy atom. The van der Waals surface area contributed by atoms with Crippen molar-refractivity contribution in [3.63, 3.8) is 0 Å². The summed E-state index contributed by atoms with van der Waals surface area (Å²) < 4.78 is 8.17. The zero-order valence-electron chi connectivity index (χ0n) is 19.1. The smallest absolute Gasteiger partial charge is 0.272 e. The molecule has 2 amide bonds. The Morgan fingerprint density at radius 3 is 2.55 bits per heavy atom. The number of hydrogen-bond donors (Lipinski definition) is 1. The molecule has 7 heteroatoms. The summed E-state index contributed by atoms with van der Waals surface area (Å²) in [6.07, 6.45) is 2.27. The number of amides is 2. The quantitative estimate of drug-likeness (QED) is 0.822. The van der Waals surface area contributed by atoms with Crippen molar-refractivity contribution < 1.29 is 14.3 Å². The van der Waals surface area contributed by atoms with E-state index in [1.165, 1.54) is 0 Å². The van der Waals surface area contributed by atoms with Crippen LogP contribution in [0.1, 0.15) is 69.9 Å². The predicted molar refractivity (Wildman–Crippen MR) is 118 cm³/mol. The summed E-state index contributed by atoms with van der Waals surface area (Å²) in [5.41, 5.74) is 5.08. The maximum absolute atomic E-state index is 13.0. The van der Waals surface area contributed by atoms with Gasteiger partial charge in [0, 0.05) is 49.4 Å². The molecule has 1 N–H and O–H groups in total. The monoisotopic (exact) mass is 424 g/mol. The van der Waals surface area contributed by atoms with Crippen LogP contribution >= 0.6 is 0 Å². The normalized spacial score (nSPS) is 17.7. The van der Waals surface area contributed by atoms with Crippen molar-refractivity contribution in [1.82, 2.24) is 20.0 Å². The molecule has 3 heterocycles. The molecule has 1 spiro atoms. The number of piperidine rings is 1. The van der Waals surface area contributed by atoms with Gasteiger partial charge in [0.1, 0.15) is 0 Å². The molecule has 1 aromatic carbocycles. The number of benzene rings is 1. The van der Waals surface area contributed by atoms with Crippen LogP contribution in [0, 0.1) is 13.8 Å². The Bertz CT molecular complexity index is 1020. The number of aryl methyl sites for hydroxylation is 3. The van der Waals surface area contributed by atoms with Crippen molar-refractivity contribution in [2.45, 2.75) is 65.2 Å². The largest absolute Gasteiger partial charge is 0.370 e. The summed E-state index contributed by atoms with van der Waals surface area (Å²) in [6, 6.07) is 6.03. The van der Waals surface area contributed by atoms with Crippen LogP contribution in [0.15, 0.2) is 18.2 Å². The number of carbonyl (C=O) groups is 2. The van der Waals surface area contributed by atoms with Gasteiger partial charge in [0.2, 0.25) is 0 Å². The molecule has 4 rings (SSSR count). The number of nitrogens with one attached hydrogen (secondary N) is 1. The number of fused-ring (bicyclic) bond motifs is 1. The van der Waals surface area contributed by atoms with Gasteiger partial charge in [0.05, 0.1) is 12.2 Å². The molecule has 2 aromatic rings. The van der Waals surface area contributed by atoms with Crippen molar-refractivity contribution in [2.24, 2.45) is 7.05 Å². The first kappa shape index (κ1) is 21.6. The average molecular weight is 425 g/mol. The second-order valence-corrected chi connectivity index (χ2v) is 9.28. The lowest BCUT2D eigenvalue weighted by molar-refractivity contribution is -0.0990. The van der Waals surface area contributed by atoms with Gasteiger partial charge >= 0.3 is 0 Å². The van der Waals surface area contributed by atoms with E-state index in [-0.39, 0.29) is 23.5 Å². The highest BCUT2D eigenvalue weighted by Gasteiger charge is 2.42. The Morgan fingerprint density at radius 1 is 1.19 bits per heavy atom. The third-order valence-electron chi connectivity index (χ3n) is 6.50. The minimum absolute atomic E-state index is 0.0556. The standard InChI is InChI=1S/C24H32N4O3/c1-15(2)25-22(29)21-19-14-31-24(13-20(19)27(5)26-21)8-10-28(11-9-24)23(30)18-7-6-16(3)12-17(18)4/h6-7,12,15H,8-11,13-14H2,1-5H3,(H,25,29). The van der Waals surface area contributed by atoms with Gasteiger partial charge in [-0.2, -0.15) is 5.10 Å². The molecule has 2 aliphatic rings. The summed E-state index contributed by atoms with van der Waals surface area (Å²) in [6.45, 7) is 9.62. The van der Waals surface area contributed by atoms with Crippen LogP contribution in [-0.4, -0.2) is 51.2 Å². The third-order valence-corrected chi connectivity index (χ3v) is 6.50. The van der Waals surface area contributed by atoms with Crippen molar-refractivity contribution >= 4 is 11.8 Å². The van der Waals surface area contributed by atoms with Crippen LogP contribution in [0.3, 0.4) is 0 Å². The Hall–Kier alpha value is -2.67. The molecule has 7 nitrogen and oxygen atoms in total. The maximum Gasteiger partial charge on any atom is 0.272 e. The van der Waals surface area contributed by atoms with Gasteiger partial charge in [-0.05, 0) is 52.2 Å². The van der Waals surface area contributed by atoms with Gasteiger partial charge in [0.15, 0.2) is 5.69 Å². The predicted octanol–water partition coefficient (Wildman–Crippen LogP) is 2.92. The van der Waals surface area contributed by atoms with Crippen molar-refractivity contribution in [1.29, 1.82) is 0 Å². The lowest BCUT2D eigenvalue weighted by Crippen LogP contribution is -2.50. The van der Waals surface area contributed by atoms with Gasteiger partial charge in [-0.3, -0.25) is 14.3 Å². The van der Waals surface area contributed by atoms with Crippen LogP contribution in [0.25, 0.3) is 0 Å². The van der Waals surface area contributed by atoms with E-state index >= 15 is 0 Å². The van der Waals surface area contributed by atoms with E-state index in [1.807, 2.05) is 56.5 Å². The van der Waals surface area contributed by atoms with E-state index in [1.54, 1.807) is 0 Å². The highest BCUT2D eigenvalue weighted by atomic mass is 16.5. The van der Waals surface area contributed by atoms with Crippen LogP contribution in [0.4, 0.5) is 0 Å². The van der Waals surface area contributed by atoms with E-state index in [2.05, 4.69) is 16.5 Å². The fraction of sp³-hybridized carbons (Fsp3) is 0.542. The molecule has 1 saturated heterocycles. The van der Waals surface area contributed by atoms with Crippen molar-refractivity contribution in [3.05, 3.63) is 51.8 Å². The second-order valence-electron chi connectivity index (χ2n) is 9.28. The number of ether oxygens (including phenoxy) is 1. The first-order valence-electron chi connectivity index (χ1n) is 11.1. The Balaban J connectivity index is 1.46. The molecule has 1 aromatic heterocycles. The van der Waals surface area contributed by atoms with Gasteiger partial charge in [-0.1, -0.05) is 17.7 Å². The molecule has 0 atom stereocenters. The number of hydrogen-bond acceptors (Lipinski definition) is 4. The lowest BCUT2D eigenvalue weighted by Gasteiger charge is -2.44. The van der Waals surface area contributed by atoms with E-state index in [0.717, 1.165) is 40.8 Å².